The molecule has 0 fully saturated rings. The molecule has 0 aromatic rings. The Balaban J connectivity index is 3.50. The summed E-state index contributed by atoms with van der Waals surface area (Å²) in [5.74, 6) is 0. The molecule has 3 N–H and O–H groups in total. The average molecular weight is 585 g/mol. The predicted molar refractivity (Wildman–Crippen MR) is 182 cm³/mol. The third-order valence-electron chi connectivity index (χ3n) is 8.26. The van der Waals surface area contributed by atoms with Gasteiger partial charge in [-0.2, -0.15) is 0 Å². The molecule has 0 bridgehead atoms. The summed E-state index contributed by atoms with van der Waals surface area (Å²) in [6, 6.07) is 0. The molecule has 0 rings (SSSR count). The van der Waals surface area contributed by atoms with Crippen LogP contribution in [0.5, 0.6) is 0 Å². The average Bonchev–Trinajstić information content (AvgIpc) is 2.92. The Kier molecular flexibility index (Phi) is 28.7. The predicted octanol–water partition coefficient (Wildman–Crippen LogP) is 12.3. The standard InChI is InChI=1S/C36H73O3P/c1-3-5-7-9-11-13-15-17-19-21-23-25-27-29-31-33-35-40(37,38,39)36-34-32-30-28-26-24-22-20-18-16-14-12-10-8-6-4-2/h17-20,37-39H,3-16,21-36H2,1-2H3. The molecule has 0 aliphatic rings. The molecule has 240 valence electrons. The van der Waals surface area contributed by atoms with Gasteiger partial charge < -0.3 is 0 Å². The van der Waals surface area contributed by atoms with Gasteiger partial charge in [0.05, 0.1) is 0 Å². The monoisotopic (exact) mass is 585 g/mol. The molecule has 0 aliphatic carbocycles. The summed E-state index contributed by atoms with van der Waals surface area (Å²) < 4.78 is 0. The number of allylic oxidation sites excluding steroid dienone is 4. The van der Waals surface area contributed by atoms with Gasteiger partial charge in [0.2, 0.25) is 0 Å². The fourth-order valence-electron chi connectivity index (χ4n) is 5.48. The van der Waals surface area contributed by atoms with Crippen LogP contribution in [0.1, 0.15) is 194 Å². The molecule has 0 saturated carbocycles. The minimum atomic E-state index is -4.41. The smallest absolute Gasteiger partial charge is 0.0654 e. The fraction of sp³-hybridized carbons (Fsp3) is 0.889. The maximum absolute atomic E-state index is 10.4. The van der Waals surface area contributed by atoms with Gasteiger partial charge in [-0.15, -0.1) is 0 Å². The maximum atomic E-state index is 10.4. The SMILES string of the molecule is CCCCCCCCC=CCCCCCCCCP(O)(O)(O)CCCCCCCCC=CCCCCCCCC. The van der Waals surface area contributed by atoms with Crippen LogP contribution < -0.4 is 0 Å². The summed E-state index contributed by atoms with van der Waals surface area (Å²) >= 11 is 0. The van der Waals surface area contributed by atoms with Crippen LogP contribution in [-0.2, 0) is 0 Å². The first-order valence-corrected chi connectivity index (χ1v) is 20.4. The summed E-state index contributed by atoms with van der Waals surface area (Å²) in [5, 5.41) is 0. The van der Waals surface area contributed by atoms with Gasteiger partial charge in [0, 0.05) is 0 Å². The first-order chi connectivity index (χ1) is 19.4. The van der Waals surface area contributed by atoms with Gasteiger partial charge in [0.25, 0.3) is 0 Å². The van der Waals surface area contributed by atoms with Gasteiger partial charge in [0.15, 0.2) is 0 Å². The van der Waals surface area contributed by atoms with E-state index in [-0.39, 0.29) is 12.3 Å². The first kappa shape index (κ1) is 39.8. The van der Waals surface area contributed by atoms with Crippen LogP contribution in [0.15, 0.2) is 24.3 Å². The molecule has 3 nitrogen and oxygen atoms in total. The zero-order valence-electron chi connectivity index (χ0n) is 27.3. The minimum Gasteiger partial charge on any atom is -0.0654 e. The molecule has 0 amide bonds. The van der Waals surface area contributed by atoms with Crippen LogP contribution in [0.4, 0.5) is 0 Å². The van der Waals surface area contributed by atoms with Crippen LogP contribution in [0.25, 0.3) is 0 Å². The number of unbranched alkanes of at least 4 members (excludes halogenated alkanes) is 24. The molecule has 0 aromatic heterocycles. The van der Waals surface area contributed by atoms with Crippen molar-refractivity contribution < 1.29 is 14.7 Å². The summed E-state index contributed by atoms with van der Waals surface area (Å²) in [6.45, 7) is 4.54. The van der Waals surface area contributed by atoms with E-state index in [0.717, 1.165) is 38.5 Å². The zero-order valence-corrected chi connectivity index (χ0v) is 28.2. The van der Waals surface area contributed by atoms with E-state index in [1.54, 1.807) is 0 Å². The Bertz CT molecular complexity index is 518. The molecule has 0 heterocycles. The molecule has 40 heavy (non-hydrogen) atoms. The first-order valence-electron chi connectivity index (χ1n) is 17.9. The Morgan fingerprint density at radius 2 is 0.550 bits per heavy atom. The van der Waals surface area contributed by atoms with Gasteiger partial charge in [-0.1, -0.05) is 78.1 Å². The van der Waals surface area contributed by atoms with Crippen LogP contribution in [0.3, 0.4) is 0 Å². The van der Waals surface area contributed by atoms with Crippen molar-refractivity contribution in [1.29, 1.82) is 0 Å². The molecule has 0 unspecified atom stereocenters. The van der Waals surface area contributed by atoms with E-state index in [4.69, 9.17) is 0 Å². The second kappa shape index (κ2) is 28.9. The van der Waals surface area contributed by atoms with E-state index in [0.29, 0.717) is 0 Å². The minimum absolute atomic E-state index is 0.192. The summed E-state index contributed by atoms with van der Waals surface area (Å²) in [7, 11) is -4.41. The second-order valence-corrected chi connectivity index (χ2v) is 16.2. The van der Waals surface area contributed by atoms with Gasteiger partial charge in [-0.05, 0) is 0 Å². The Hall–Kier alpha value is -0.210. The van der Waals surface area contributed by atoms with Gasteiger partial charge in [-0.25, -0.2) is 0 Å². The van der Waals surface area contributed by atoms with Crippen LogP contribution in [-0.4, -0.2) is 27.0 Å². The van der Waals surface area contributed by atoms with Crippen molar-refractivity contribution in [2.24, 2.45) is 0 Å². The van der Waals surface area contributed by atoms with Crippen molar-refractivity contribution >= 4 is 7.28 Å². The third-order valence-corrected chi connectivity index (χ3v) is 10.7. The number of rotatable bonds is 32. The van der Waals surface area contributed by atoms with Gasteiger partial charge >= 0.3 is 174 Å². The molecule has 0 aliphatic heterocycles. The molecule has 4 heteroatoms. The molecular weight excluding hydrogens is 511 g/mol. The van der Waals surface area contributed by atoms with E-state index in [9.17, 15) is 14.7 Å². The van der Waals surface area contributed by atoms with Crippen molar-refractivity contribution in [2.75, 3.05) is 12.3 Å². The van der Waals surface area contributed by atoms with Crippen molar-refractivity contribution in [3.63, 3.8) is 0 Å². The van der Waals surface area contributed by atoms with E-state index in [1.165, 1.54) is 141 Å². The molecule has 0 aromatic carbocycles. The topological polar surface area (TPSA) is 60.7 Å². The van der Waals surface area contributed by atoms with Gasteiger partial charge in [0.1, 0.15) is 0 Å². The molecule has 0 saturated heterocycles. The molecular formula is C36H73O3P. The number of hydrogen-bond donors (Lipinski definition) is 3. The number of hydrogen-bond acceptors (Lipinski definition) is 3. The second-order valence-electron chi connectivity index (χ2n) is 12.7. The van der Waals surface area contributed by atoms with Gasteiger partial charge in [-0.3, -0.25) is 0 Å². The van der Waals surface area contributed by atoms with Crippen molar-refractivity contribution in [3.8, 4) is 0 Å². The quantitative estimate of drug-likeness (QED) is 0.0418. The van der Waals surface area contributed by atoms with E-state index in [2.05, 4.69) is 38.2 Å². The van der Waals surface area contributed by atoms with Crippen LogP contribution in [0.2, 0.25) is 0 Å². The Morgan fingerprint density at radius 3 is 0.825 bits per heavy atom. The Morgan fingerprint density at radius 1 is 0.325 bits per heavy atom. The summed E-state index contributed by atoms with van der Waals surface area (Å²) in [6.07, 6.45) is 44.2. The van der Waals surface area contributed by atoms with E-state index in [1.807, 2.05) is 0 Å². The summed E-state index contributed by atoms with van der Waals surface area (Å²) in [5.41, 5.74) is 0. The molecule has 0 radical (unpaired) electrons. The van der Waals surface area contributed by atoms with Crippen molar-refractivity contribution in [3.05, 3.63) is 24.3 Å². The zero-order chi connectivity index (χ0) is 29.5. The third kappa shape index (κ3) is 32.3. The fourth-order valence-corrected chi connectivity index (χ4v) is 7.44. The van der Waals surface area contributed by atoms with E-state index < -0.39 is 7.28 Å². The van der Waals surface area contributed by atoms with Crippen molar-refractivity contribution in [1.82, 2.24) is 0 Å². The molecule has 0 spiro atoms. The normalized spacial score (nSPS) is 13.5. The van der Waals surface area contributed by atoms with Crippen LogP contribution in [0, 0.1) is 0 Å². The van der Waals surface area contributed by atoms with Crippen molar-refractivity contribution in [2.45, 2.75) is 194 Å². The van der Waals surface area contributed by atoms with Crippen LogP contribution >= 0.6 is 7.28 Å². The molecule has 0 atom stereocenters. The Labute approximate surface area is 251 Å². The van der Waals surface area contributed by atoms with E-state index >= 15 is 0 Å². The summed E-state index contributed by atoms with van der Waals surface area (Å²) in [4.78, 5) is 31.3.